The lowest BCUT2D eigenvalue weighted by atomic mass is 10.3. The van der Waals surface area contributed by atoms with Gasteiger partial charge in [0.05, 0.1) is 12.8 Å². The van der Waals surface area contributed by atoms with Crippen LogP contribution < -0.4 is 21.5 Å². The first-order chi connectivity index (χ1) is 10.2. The van der Waals surface area contributed by atoms with Crippen LogP contribution in [0, 0.1) is 0 Å². The van der Waals surface area contributed by atoms with E-state index in [2.05, 4.69) is 26.5 Å². The van der Waals surface area contributed by atoms with Crippen LogP contribution in [0.3, 0.4) is 0 Å². The molecule has 0 amide bonds. The van der Waals surface area contributed by atoms with Gasteiger partial charge in [0.1, 0.15) is 5.76 Å². The summed E-state index contributed by atoms with van der Waals surface area (Å²) in [6, 6.07) is 8.96. The van der Waals surface area contributed by atoms with Crippen LogP contribution in [-0.2, 0) is 6.54 Å². The van der Waals surface area contributed by atoms with Crippen LogP contribution in [0.5, 0.6) is 0 Å². The average Bonchev–Trinajstić information content (AvgIpc) is 3.06. The average molecular weight is 326 g/mol. The standard InChI is InChI=1S/C13H13Cl2N5O/c14-8-4-9(15)6-10(5-8)17-13-18-12(19-20-13)16-7-11-2-1-3-21-11/h1-6,13,17,20H,7H2,(H2,16,18,19). The number of hydrazine groups is 1. The molecule has 8 heteroatoms. The van der Waals surface area contributed by atoms with E-state index < -0.39 is 0 Å². The zero-order chi connectivity index (χ0) is 14.7. The molecule has 1 unspecified atom stereocenters. The number of furan rings is 1. The molecular formula is C13H13Cl2N5O. The quantitative estimate of drug-likeness (QED) is 0.695. The van der Waals surface area contributed by atoms with Gasteiger partial charge in [0.15, 0.2) is 6.29 Å². The van der Waals surface area contributed by atoms with Gasteiger partial charge in [0, 0.05) is 15.7 Å². The second-order valence-electron chi connectivity index (χ2n) is 4.38. The van der Waals surface area contributed by atoms with Crippen molar-refractivity contribution in [1.82, 2.24) is 16.2 Å². The molecule has 6 nitrogen and oxygen atoms in total. The summed E-state index contributed by atoms with van der Waals surface area (Å²) in [6.45, 7) is 0.552. The van der Waals surface area contributed by atoms with Crippen LogP contribution in [0.2, 0.25) is 10.0 Å². The monoisotopic (exact) mass is 325 g/mol. The van der Waals surface area contributed by atoms with Crippen molar-refractivity contribution < 1.29 is 4.42 Å². The minimum atomic E-state index is -0.321. The predicted molar refractivity (Wildman–Crippen MR) is 83.1 cm³/mol. The van der Waals surface area contributed by atoms with Crippen LogP contribution in [0.1, 0.15) is 5.76 Å². The lowest BCUT2D eigenvalue weighted by Gasteiger charge is -2.11. The van der Waals surface area contributed by atoms with Gasteiger partial charge in [-0.1, -0.05) is 23.2 Å². The van der Waals surface area contributed by atoms with Crippen molar-refractivity contribution in [1.29, 1.82) is 0 Å². The molecule has 1 aromatic carbocycles. The Balaban J connectivity index is 1.57. The van der Waals surface area contributed by atoms with E-state index in [4.69, 9.17) is 27.6 Å². The highest BCUT2D eigenvalue weighted by Crippen LogP contribution is 2.22. The van der Waals surface area contributed by atoms with E-state index in [0.29, 0.717) is 22.5 Å². The maximum Gasteiger partial charge on any atom is 0.209 e. The summed E-state index contributed by atoms with van der Waals surface area (Å²) in [6.07, 6.45) is 1.31. The minimum absolute atomic E-state index is 0.321. The zero-order valence-electron chi connectivity index (χ0n) is 10.9. The Morgan fingerprint density at radius 1 is 1.24 bits per heavy atom. The van der Waals surface area contributed by atoms with E-state index in [1.807, 2.05) is 12.1 Å². The Bertz CT molecular complexity index is 624. The molecule has 1 aliphatic rings. The summed E-state index contributed by atoms with van der Waals surface area (Å²) in [7, 11) is 0. The SMILES string of the molecule is Clc1cc(Cl)cc(NC2N=C(NCc3ccco3)NN2)c1. The van der Waals surface area contributed by atoms with Gasteiger partial charge >= 0.3 is 0 Å². The molecule has 0 bridgehead atoms. The molecule has 0 radical (unpaired) electrons. The van der Waals surface area contributed by atoms with Crippen molar-refractivity contribution in [2.75, 3.05) is 5.32 Å². The highest BCUT2D eigenvalue weighted by atomic mass is 35.5. The number of nitrogens with zero attached hydrogens (tertiary/aromatic N) is 1. The molecule has 4 N–H and O–H groups in total. The molecular weight excluding hydrogens is 313 g/mol. The Morgan fingerprint density at radius 2 is 2.05 bits per heavy atom. The largest absolute Gasteiger partial charge is 0.467 e. The summed E-state index contributed by atoms with van der Waals surface area (Å²) >= 11 is 11.9. The minimum Gasteiger partial charge on any atom is -0.467 e. The van der Waals surface area contributed by atoms with E-state index in [0.717, 1.165) is 11.4 Å². The topological polar surface area (TPSA) is 73.6 Å². The van der Waals surface area contributed by atoms with Gasteiger partial charge in [-0.25, -0.2) is 4.99 Å². The molecule has 0 saturated heterocycles. The summed E-state index contributed by atoms with van der Waals surface area (Å²) in [5.41, 5.74) is 6.70. The van der Waals surface area contributed by atoms with Crippen LogP contribution in [0.4, 0.5) is 5.69 Å². The lowest BCUT2D eigenvalue weighted by molar-refractivity contribution is 0.501. The van der Waals surface area contributed by atoms with Gasteiger partial charge in [-0.15, -0.1) is 0 Å². The predicted octanol–water partition coefficient (Wildman–Crippen LogP) is 2.54. The van der Waals surface area contributed by atoms with E-state index in [1.165, 1.54) is 0 Å². The van der Waals surface area contributed by atoms with Crippen molar-refractivity contribution in [2.24, 2.45) is 4.99 Å². The van der Waals surface area contributed by atoms with E-state index in [9.17, 15) is 0 Å². The summed E-state index contributed by atoms with van der Waals surface area (Å²) in [5, 5.41) is 7.40. The van der Waals surface area contributed by atoms with Crippen LogP contribution in [0.25, 0.3) is 0 Å². The van der Waals surface area contributed by atoms with E-state index in [-0.39, 0.29) is 6.29 Å². The lowest BCUT2D eigenvalue weighted by Crippen LogP contribution is -2.42. The highest BCUT2D eigenvalue weighted by molar-refractivity contribution is 6.35. The Labute approximate surface area is 131 Å². The van der Waals surface area contributed by atoms with Crippen molar-refractivity contribution in [3.8, 4) is 0 Å². The summed E-state index contributed by atoms with van der Waals surface area (Å²) < 4.78 is 5.23. The molecule has 2 aromatic rings. The summed E-state index contributed by atoms with van der Waals surface area (Å²) in [5.74, 6) is 1.45. The molecule has 1 aromatic heterocycles. The van der Waals surface area contributed by atoms with Crippen molar-refractivity contribution in [3.05, 3.63) is 52.4 Å². The van der Waals surface area contributed by atoms with Gasteiger partial charge in [-0.05, 0) is 30.3 Å². The van der Waals surface area contributed by atoms with Crippen LogP contribution in [0.15, 0.2) is 46.0 Å². The first-order valence-corrected chi connectivity index (χ1v) is 7.03. The molecule has 110 valence electrons. The number of aliphatic imine (C=N–C) groups is 1. The molecule has 0 fully saturated rings. The van der Waals surface area contributed by atoms with Gasteiger partial charge < -0.3 is 15.1 Å². The molecule has 0 spiro atoms. The Morgan fingerprint density at radius 3 is 2.76 bits per heavy atom. The van der Waals surface area contributed by atoms with Gasteiger partial charge in [-0.3, -0.25) is 5.43 Å². The Kier molecular flexibility index (Phi) is 4.19. The number of rotatable bonds is 4. The Hall–Kier alpha value is -1.89. The number of halogens is 2. The number of benzene rings is 1. The number of hydrogen-bond donors (Lipinski definition) is 4. The van der Waals surface area contributed by atoms with Crippen molar-refractivity contribution in [2.45, 2.75) is 12.8 Å². The molecule has 0 saturated carbocycles. The van der Waals surface area contributed by atoms with Gasteiger partial charge in [0.25, 0.3) is 0 Å². The third-order valence-corrected chi connectivity index (χ3v) is 3.20. The second-order valence-corrected chi connectivity index (χ2v) is 5.26. The number of anilines is 1. The van der Waals surface area contributed by atoms with Gasteiger partial charge in [0.2, 0.25) is 5.96 Å². The molecule has 0 aliphatic carbocycles. The molecule has 1 atom stereocenters. The molecule has 3 rings (SSSR count). The number of nitrogens with one attached hydrogen (secondary N) is 4. The molecule has 2 heterocycles. The number of hydrogen-bond acceptors (Lipinski definition) is 6. The van der Waals surface area contributed by atoms with Crippen LogP contribution in [-0.4, -0.2) is 12.2 Å². The first-order valence-electron chi connectivity index (χ1n) is 6.27. The van der Waals surface area contributed by atoms with Crippen LogP contribution >= 0.6 is 23.2 Å². The highest BCUT2D eigenvalue weighted by Gasteiger charge is 2.15. The van der Waals surface area contributed by atoms with Crippen molar-refractivity contribution in [3.63, 3.8) is 0 Å². The molecule has 21 heavy (non-hydrogen) atoms. The fraction of sp³-hybridized carbons (Fsp3) is 0.154. The van der Waals surface area contributed by atoms with E-state index >= 15 is 0 Å². The number of guanidine groups is 1. The van der Waals surface area contributed by atoms with E-state index in [1.54, 1.807) is 24.5 Å². The fourth-order valence-electron chi connectivity index (χ4n) is 1.87. The fourth-order valence-corrected chi connectivity index (χ4v) is 2.39. The zero-order valence-corrected chi connectivity index (χ0v) is 12.4. The van der Waals surface area contributed by atoms with Gasteiger partial charge in [-0.2, -0.15) is 5.43 Å². The summed E-state index contributed by atoms with van der Waals surface area (Å²) in [4.78, 5) is 4.39. The smallest absolute Gasteiger partial charge is 0.209 e. The maximum absolute atomic E-state index is 5.95. The normalized spacial score (nSPS) is 17.2. The first kappa shape index (κ1) is 14.1. The second kappa shape index (κ2) is 6.26. The maximum atomic E-state index is 5.95. The molecule has 1 aliphatic heterocycles. The third kappa shape index (κ3) is 3.81. The third-order valence-electron chi connectivity index (χ3n) is 2.76. The van der Waals surface area contributed by atoms with Crippen molar-refractivity contribution >= 4 is 34.8 Å².